The van der Waals surface area contributed by atoms with Gasteiger partial charge in [0.05, 0.1) is 29.9 Å². The lowest BCUT2D eigenvalue weighted by atomic mass is 9.84. The van der Waals surface area contributed by atoms with Crippen molar-refractivity contribution in [2.45, 2.75) is 43.1 Å². The van der Waals surface area contributed by atoms with E-state index in [1.165, 1.54) is 6.26 Å². The van der Waals surface area contributed by atoms with Gasteiger partial charge in [0, 0.05) is 5.92 Å². The van der Waals surface area contributed by atoms with Gasteiger partial charge in [0.15, 0.2) is 6.29 Å². The molecule has 5 rings (SSSR count). The minimum absolute atomic E-state index is 0.117. The van der Waals surface area contributed by atoms with E-state index in [1.807, 2.05) is 0 Å². The third-order valence-corrected chi connectivity index (χ3v) is 6.50. The summed E-state index contributed by atoms with van der Waals surface area (Å²) < 4.78 is 27.7. The van der Waals surface area contributed by atoms with Crippen molar-refractivity contribution in [1.29, 1.82) is 0 Å². The van der Waals surface area contributed by atoms with Crippen molar-refractivity contribution in [2.24, 2.45) is 11.8 Å². The number of aliphatic hydroxyl groups is 4. The molecule has 0 aromatic heterocycles. The van der Waals surface area contributed by atoms with E-state index in [9.17, 15) is 30.0 Å². The number of rotatable bonds is 6. The summed E-state index contributed by atoms with van der Waals surface area (Å²) in [5.41, 5.74) is 1.28. The highest BCUT2D eigenvalue weighted by Crippen LogP contribution is 2.49. The second-order valence-corrected chi connectivity index (χ2v) is 8.52. The van der Waals surface area contributed by atoms with Crippen molar-refractivity contribution < 1.29 is 53.7 Å². The maximum Gasteiger partial charge on any atom is 0.338 e. The highest BCUT2D eigenvalue weighted by molar-refractivity contribution is 5.92. The minimum atomic E-state index is -1.63. The molecular formula is C23H24O11. The lowest BCUT2D eigenvalue weighted by Gasteiger charge is -2.42. The Morgan fingerprint density at radius 2 is 1.76 bits per heavy atom. The molecule has 9 unspecified atom stereocenters. The van der Waals surface area contributed by atoms with Crippen LogP contribution >= 0.6 is 0 Å². The van der Waals surface area contributed by atoms with Gasteiger partial charge in [-0.15, -0.1) is 0 Å². The molecule has 0 radical (unpaired) electrons. The average molecular weight is 476 g/mol. The summed E-state index contributed by atoms with van der Waals surface area (Å²) in [5, 5.41) is 39.8. The van der Waals surface area contributed by atoms with Crippen molar-refractivity contribution in [2.75, 3.05) is 13.2 Å². The van der Waals surface area contributed by atoms with Crippen LogP contribution in [0.25, 0.3) is 0 Å². The molecule has 11 heteroatoms. The summed E-state index contributed by atoms with van der Waals surface area (Å²) in [6.07, 6.45) is -6.18. The van der Waals surface area contributed by atoms with E-state index in [0.717, 1.165) is 0 Å². The summed E-state index contributed by atoms with van der Waals surface area (Å²) in [7, 11) is 0. The number of esters is 2. The van der Waals surface area contributed by atoms with Crippen LogP contribution in [0.15, 0.2) is 53.8 Å². The first-order chi connectivity index (χ1) is 16.4. The first kappa shape index (κ1) is 23.0. The van der Waals surface area contributed by atoms with Crippen molar-refractivity contribution in [3.05, 3.63) is 59.4 Å². The van der Waals surface area contributed by atoms with Crippen LogP contribution in [-0.4, -0.2) is 88.7 Å². The first-order valence-corrected chi connectivity index (χ1v) is 10.8. The fourth-order valence-electron chi connectivity index (χ4n) is 4.74. The van der Waals surface area contributed by atoms with Gasteiger partial charge >= 0.3 is 11.9 Å². The largest absolute Gasteiger partial charge is 0.471 e. The van der Waals surface area contributed by atoms with Crippen LogP contribution in [0.3, 0.4) is 0 Å². The quantitative estimate of drug-likeness (QED) is 0.294. The Morgan fingerprint density at radius 1 is 1.00 bits per heavy atom. The number of benzene rings is 1. The van der Waals surface area contributed by atoms with Crippen LogP contribution in [0.1, 0.15) is 10.4 Å². The monoisotopic (exact) mass is 476 g/mol. The zero-order chi connectivity index (χ0) is 24.0. The van der Waals surface area contributed by atoms with Crippen molar-refractivity contribution >= 4 is 11.9 Å². The van der Waals surface area contributed by atoms with E-state index in [1.54, 1.807) is 36.4 Å². The van der Waals surface area contributed by atoms with Crippen molar-refractivity contribution in [3.8, 4) is 0 Å². The molecule has 11 nitrogen and oxygen atoms in total. The Morgan fingerprint density at radius 3 is 2.50 bits per heavy atom. The Kier molecular flexibility index (Phi) is 6.15. The Bertz CT molecular complexity index is 1000. The van der Waals surface area contributed by atoms with Crippen LogP contribution in [0, 0.1) is 11.8 Å². The van der Waals surface area contributed by atoms with Gasteiger partial charge in [0.2, 0.25) is 6.29 Å². The lowest BCUT2D eigenvalue weighted by molar-refractivity contribution is -0.339. The molecule has 34 heavy (non-hydrogen) atoms. The maximum absolute atomic E-state index is 12.4. The summed E-state index contributed by atoms with van der Waals surface area (Å²) >= 11 is 0. The van der Waals surface area contributed by atoms with Crippen LogP contribution < -0.4 is 0 Å². The topological polar surface area (TPSA) is 161 Å². The van der Waals surface area contributed by atoms with Gasteiger partial charge in [-0.3, -0.25) is 0 Å². The molecule has 0 bridgehead atoms. The van der Waals surface area contributed by atoms with Gasteiger partial charge in [0.25, 0.3) is 0 Å². The molecule has 1 aliphatic carbocycles. The Balaban J connectivity index is 1.34. The van der Waals surface area contributed by atoms with Gasteiger partial charge in [0.1, 0.15) is 37.1 Å². The SMILES string of the molecule is O=C1OC2C=C(COC(=O)c3ccccc3)C3C(OC4OC(CO)C(O)C(O)C4O)OC=C1C23. The fourth-order valence-corrected chi connectivity index (χ4v) is 4.74. The van der Waals surface area contributed by atoms with Crippen LogP contribution in [-0.2, 0) is 28.5 Å². The summed E-state index contributed by atoms with van der Waals surface area (Å²) in [6, 6.07) is 8.45. The van der Waals surface area contributed by atoms with Crippen LogP contribution in [0.2, 0.25) is 0 Å². The van der Waals surface area contributed by atoms with Gasteiger partial charge in [-0.05, 0) is 23.8 Å². The number of aliphatic hydroxyl groups excluding tert-OH is 4. The minimum Gasteiger partial charge on any atom is -0.471 e. The van der Waals surface area contributed by atoms with Crippen LogP contribution in [0.5, 0.6) is 0 Å². The zero-order valence-corrected chi connectivity index (χ0v) is 17.8. The maximum atomic E-state index is 12.4. The van der Waals surface area contributed by atoms with E-state index in [0.29, 0.717) is 16.7 Å². The normalized spacial score (nSPS) is 38.4. The molecule has 3 heterocycles. The van der Waals surface area contributed by atoms with E-state index in [2.05, 4.69) is 0 Å². The van der Waals surface area contributed by atoms with Crippen molar-refractivity contribution in [1.82, 2.24) is 0 Å². The van der Waals surface area contributed by atoms with Crippen LogP contribution in [0.4, 0.5) is 0 Å². The Hall–Kier alpha value is -2.80. The number of hydrogen-bond acceptors (Lipinski definition) is 11. The predicted molar refractivity (Wildman–Crippen MR) is 109 cm³/mol. The van der Waals surface area contributed by atoms with Gasteiger partial charge in [-0.1, -0.05) is 18.2 Å². The van der Waals surface area contributed by atoms with E-state index in [4.69, 9.17) is 23.7 Å². The number of hydrogen-bond donors (Lipinski definition) is 4. The lowest BCUT2D eigenvalue weighted by Crippen LogP contribution is -2.60. The predicted octanol–water partition coefficient (Wildman–Crippen LogP) is -1.00. The third-order valence-electron chi connectivity index (χ3n) is 6.50. The van der Waals surface area contributed by atoms with E-state index >= 15 is 0 Å². The molecule has 0 saturated carbocycles. The molecule has 1 aromatic rings. The summed E-state index contributed by atoms with van der Waals surface area (Å²) in [5.74, 6) is -2.13. The third kappa shape index (κ3) is 3.90. The smallest absolute Gasteiger partial charge is 0.338 e. The molecule has 2 fully saturated rings. The molecule has 0 spiro atoms. The van der Waals surface area contributed by atoms with Crippen molar-refractivity contribution in [3.63, 3.8) is 0 Å². The molecule has 182 valence electrons. The Labute approximate surface area is 193 Å². The molecule has 4 N–H and O–H groups in total. The molecule has 4 aliphatic rings. The number of carbonyl (C=O) groups is 2. The molecule has 3 aliphatic heterocycles. The standard InChI is InChI=1S/C23H24O11/c24-7-14-17(25)18(26)19(27)23(33-14)34-22-15-11(8-30-20(28)10-4-2-1-3-5-10)6-13-16(15)12(9-31-22)21(29)32-13/h1-6,9,13-19,22-27H,7-8H2. The molecular weight excluding hydrogens is 452 g/mol. The van der Waals surface area contributed by atoms with E-state index < -0.39 is 73.5 Å². The molecule has 1 aromatic carbocycles. The first-order valence-electron chi connectivity index (χ1n) is 10.8. The summed E-state index contributed by atoms with van der Waals surface area (Å²) in [4.78, 5) is 24.6. The summed E-state index contributed by atoms with van der Waals surface area (Å²) in [6.45, 7) is -0.731. The molecule has 2 saturated heterocycles. The zero-order valence-electron chi connectivity index (χ0n) is 17.8. The second kappa shape index (κ2) is 9.10. The second-order valence-electron chi connectivity index (χ2n) is 8.52. The average Bonchev–Trinajstić information content (AvgIpc) is 3.37. The highest BCUT2D eigenvalue weighted by Gasteiger charge is 2.56. The van der Waals surface area contributed by atoms with Gasteiger partial charge in [-0.25, -0.2) is 9.59 Å². The highest BCUT2D eigenvalue weighted by atomic mass is 16.8. The number of carbonyl (C=O) groups excluding carboxylic acids is 2. The van der Waals surface area contributed by atoms with Gasteiger partial charge < -0.3 is 44.1 Å². The van der Waals surface area contributed by atoms with Gasteiger partial charge in [-0.2, -0.15) is 0 Å². The molecule has 9 atom stereocenters. The fraction of sp³-hybridized carbons (Fsp3) is 0.478. The van der Waals surface area contributed by atoms with E-state index in [-0.39, 0.29) is 6.61 Å². The molecule has 0 amide bonds. The number of ether oxygens (including phenoxy) is 5.